The van der Waals surface area contributed by atoms with Crippen molar-refractivity contribution < 1.29 is 28.1 Å². The van der Waals surface area contributed by atoms with Crippen LogP contribution in [0.5, 0.6) is 0 Å². The number of nitriles is 1. The molecule has 2 aromatic rings. The van der Waals surface area contributed by atoms with Gasteiger partial charge < -0.3 is 18.9 Å². The molecular weight excluding hydrogens is 485 g/mol. The molecule has 0 N–H and O–H groups in total. The number of carbonyl (C=O) groups is 1. The second-order valence-corrected chi connectivity index (χ2v) is 11.1. The molecule has 4 atom stereocenters. The van der Waals surface area contributed by atoms with E-state index in [1.807, 2.05) is 51.1 Å². The van der Waals surface area contributed by atoms with E-state index in [1.54, 1.807) is 12.1 Å². The Kier molecular flexibility index (Phi) is 8.99. The van der Waals surface area contributed by atoms with Crippen molar-refractivity contribution in [2.24, 2.45) is 11.8 Å². The summed E-state index contributed by atoms with van der Waals surface area (Å²) in [5.41, 5.74) is 1.99. The molecule has 0 spiro atoms. The molecule has 6 nitrogen and oxygen atoms in total. The van der Waals surface area contributed by atoms with Crippen molar-refractivity contribution in [1.29, 1.82) is 5.26 Å². The predicted octanol–water partition coefficient (Wildman–Crippen LogP) is 5.49. The smallest absolute Gasteiger partial charge is 0.332 e. The summed E-state index contributed by atoms with van der Waals surface area (Å²) in [7, 11) is 0. The van der Waals surface area contributed by atoms with Crippen LogP contribution >= 0.6 is 0 Å². The molecule has 1 saturated carbocycles. The van der Waals surface area contributed by atoms with Crippen LogP contribution in [0.1, 0.15) is 50.3 Å². The quantitative estimate of drug-likeness (QED) is 0.221. The maximum Gasteiger partial charge on any atom is 0.332 e. The van der Waals surface area contributed by atoms with Gasteiger partial charge in [0, 0.05) is 11.3 Å². The highest BCUT2D eigenvalue weighted by atomic mass is 19.1. The van der Waals surface area contributed by atoms with Gasteiger partial charge in [-0.25, -0.2) is 9.18 Å². The summed E-state index contributed by atoms with van der Waals surface area (Å²) in [6, 6.07) is 16.3. The highest BCUT2D eigenvalue weighted by Crippen LogP contribution is 2.56. The topological polar surface area (TPSA) is 77.8 Å². The van der Waals surface area contributed by atoms with Crippen LogP contribution in [0.2, 0.25) is 0 Å². The molecule has 2 bridgehead atoms. The summed E-state index contributed by atoms with van der Waals surface area (Å²) in [5, 5.41) is 9.00. The largest absolute Gasteiger partial charge is 0.458 e. The Morgan fingerprint density at radius 3 is 2.55 bits per heavy atom. The number of fused-ring (bicyclic) bond motifs is 2. The molecule has 1 aliphatic carbocycles. The summed E-state index contributed by atoms with van der Waals surface area (Å²) in [4.78, 5) is 11.8. The number of benzene rings is 2. The van der Waals surface area contributed by atoms with Gasteiger partial charge >= 0.3 is 5.97 Å². The van der Waals surface area contributed by atoms with Gasteiger partial charge in [0.25, 0.3) is 0 Å². The van der Waals surface area contributed by atoms with Crippen LogP contribution in [0, 0.1) is 29.0 Å². The van der Waals surface area contributed by atoms with Crippen LogP contribution in [-0.4, -0.2) is 44.1 Å². The first-order valence-electron chi connectivity index (χ1n) is 13.1. The van der Waals surface area contributed by atoms with E-state index in [1.165, 1.54) is 12.1 Å². The Hall–Kier alpha value is -3.05. The number of rotatable bonds is 11. The SMILES string of the molecule is CC(C)(C)OC(=O)COC/C=C\C[C@H]1[C@H](COCc2ccc(C#N)cc2)[C@@H]2C[C@@]1(c1ccc(F)cc1)CO2. The van der Waals surface area contributed by atoms with Gasteiger partial charge in [-0.2, -0.15) is 5.26 Å². The van der Waals surface area contributed by atoms with Gasteiger partial charge in [0.15, 0.2) is 0 Å². The Morgan fingerprint density at radius 2 is 1.87 bits per heavy atom. The van der Waals surface area contributed by atoms with Crippen LogP contribution in [0.4, 0.5) is 4.39 Å². The zero-order valence-corrected chi connectivity index (χ0v) is 22.3. The molecule has 4 rings (SSSR count). The number of carbonyl (C=O) groups excluding carboxylic acids is 1. The number of hydrogen-bond acceptors (Lipinski definition) is 6. The Morgan fingerprint density at radius 1 is 1.13 bits per heavy atom. The fraction of sp³-hybridized carbons (Fsp3) is 0.484. The van der Waals surface area contributed by atoms with Gasteiger partial charge in [0.05, 0.1) is 44.2 Å². The number of hydrogen-bond donors (Lipinski definition) is 0. The van der Waals surface area contributed by atoms with Crippen molar-refractivity contribution in [3.8, 4) is 6.07 Å². The lowest BCUT2D eigenvalue weighted by Gasteiger charge is -2.39. The average molecular weight is 522 g/mol. The van der Waals surface area contributed by atoms with E-state index in [2.05, 4.69) is 12.1 Å². The van der Waals surface area contributed by atoms with Crippen molar-refractivity contribution in [2.45, 2.75) is 57.3 Å². The number of allylic oxidation sites excluding steroid dienone is 1. The molecule has 2 aliphatic rings. The molecule has 0 radical (unpaired) electrons. The van der Waals surface area contributed by atoms with E-state index in [0.29, 0.717) is 32.0 Å². The second kappa shape index (κ2) is 12.2. The predicted molar refractivity (Wildman–Crippen MR) is 141 cm³/mol. The van der Waals surface area contributed by atoms with Gasteiger partial charge in [-0.1, -0.05) is 36.4 Å². The highest BCUT2D eigenvalue weighted by Gasteiger charge is 2.59. The molecular formula is C31H36FNO5. The average Bonchev–Trinajstić information content (AvgIpc) is 3.44. The molecule has 2 aromatic carbocycles. The lowest BCUT2D eigenvalue weighted by Crippen LogP contribution is -2.41. The van der Waals surface area contributed by atoms with Crippen molar-refractivity contribution >= 4 is 5.97 Å². The third-order valence-corrected chi connectivity index (χ3v) is 7.32. The summed E-state index contributed by atoms with van der Waals surface area (Å²) >= 11 is 0. The van der Waals surface area contributed by atoms with Crippen molar-refractivity contribution in [1.82, 2.24) is 0 Å². The Bertz CT molecular complexity index is 1150. The minimum Gasteiger partial charge on any atom is -0.458 e. The molecule has 38 heavy (non-hydrogen) atoms. The van der Waals surface area contributed by atoms with Crippen LogP contribution < -0.4 is 0 Å². The third kappa shape index (κ3) is 6.87. The third-order valence-electron chi connectivity index (χ3n) is 7.32. The lowest BCUT2D eigenvalue weighted by molar-refractivity contribution is -0.159. The first-order valence-corrected chi connectivity index (χ1v) is 13.1. The standard InChI is InChI=1S/C31H36FNO5/c1-30(2,3)38-29(34)20-35-15-5-4-6-27-26(19-36-18-23-9-7-22(17-33)8-10-23)28-16-31(27,21-37-28)24-11-13-25(32)14-12-24/h4-5,7-14,26-28H,6,15-16,18-21H2,1-3H3/b5-4-/t26-,27-,28-,31-/m0/s1. The first kappa shape index (κ1) is 28.0. The Balaban J connectivity index is 1.39. The van der Waals surface area contributed by atoms with Crippen molar-refractivity contribution in [3.05, 3.63) is 83.2 Å². The van der Waals surface area contributed by atoms with E-state index in [4.69, 9.17) is 24.2 Å². The molecule has 0 aromatic heterocycles. The normalized spacial score (nSPS) is 24.6. The minimum atomic E-state index is -0.536. The van der Waals surface area contributed by atoms with E-state index < -0.39 is 5.60 Å². The van der Waals surface area contributed by atoms with Gasteiger partial charge in [-0.15, -0.1) is 0 Å². The van der Waals surface area contributed by atoms with Crippen LogP contribution in [-0.2, 0) is 35.8 Å². The maximum atomic E-state index is 13.7. The number of esters is 1. The summed E-state index contributed by atoms with van der Waals surface area (Å²) in [6.07, 6.45) is 5.77. The molecule has 1 aliphatic heterocycles. The van der Waals surface area contributed by atoms with E-state index >= 15 is 0 Å². The van der Waals surface area contributed by atoms with Crippen LogP contribution in [0.15, 0.2) is 60.7 Å². The fourth-order valence-electron chi connectivity index (χ4n) is 5.64. The molecule has 0 amide bonds. The molecule has 7 heteroatoms. The van der Waals surface area contributed by atoms with Gasteiger partial charge in [-0.3, -0.25) is 0 Å². The van der Waals surface area contributed by atoms with Gasteiger partial charge in [0.1, 0.15) is 18.0 Å². The molecule has 202 valence electrons. The number of halogens is 1. The molecule has 1 heterocycles. The molecule has 1 saturated heterocycles. The zero-order valence-electron chi connectivity index (χ0n) is 22.3. The van der Waals surface area contributed by atoms with Crippen molar-refractivity contribution in [3.63, 3.8) is 0 Å². The summed E-state index contributed by atoms with van der Waals surface area (Å²) < 4.78 is 36.8. The van der Waals surface area contributed by atoms with Gasteiger partial charge in [0.2, 0.25) is 0 Å². The summed E-state index contributed by atoms with van der Waals surface area (Å²) in [5.74, 6) is -0.209. The van der Waals surface area contributed by atoms with E-state index in [-0.39, 0.29) is 41.7 Å². The number of nitrogens with zero attached hydrogens (tertiary/aromatic N) is 1. The summed E-state index contributed by atoms with van der Waals surface area (Å²) in [6.45, 7) is 7.30. The zero-order chi connectivity index (χ0) is 27.2. The Labute approximate surface area is 224 Å². The van der Waals surface area contributed by atoms with E-state index in [9.17, 15) is 9.18 Å². The molecule has 2 fully saturated rings. The van der Waals surface area contributed by atoms with E-state index in [0.717, 1.165) is 24.0 Å². The lowest BCUT2D eigenvalue weighted by atomic mass is 9.69. The van der Waals surface area contributed by atoms with Gasteiger partial charge in [-0.05, 0) is 74.9 Å². The highest BCUT2D eigenvalue weighted by molar-refractivity contribution is 5.71. The minimum absolute atomic E-state index is 0.0721. The maximum absolute atomic E-state index is 13.7. The van der Waals surface area contributed by atoms with Crippen molar-refractivity contribution in [2.75, 3.05) is 26.4 Å². The van der Waals surface area contributed by atoms with Crippen LogP contribution in [0.3, 0.4) is 0 Å². The van der Waals surface area contributed by atoms with Crippen LogP contribution in [0.25, 0.3) is 0 Å². The number of ether oxygens (including phenoxy) is 4. The second-order valence-electron chi connectivity index (χ2n) is 11.1. The molecule has 0 unspecified atom stereocenters. The first-order chi connectivity index (χ1) is 18.2. The monoisotopic (exact) mass is 521 g/mol. The fourth-order valence-corrected chi connectivity index (χ4v) is 5.64.